The Balaban J connectivity index is 1.98. The normalized spacial score (nSPS) is 11.6. The third-order valence-corrected chi connectivity index (χ3v) is 5.77. The highest BCUT2D eigenvalue weighted by atomic mass is 32.2. The second-order valence-electron chi connectivity index (χ2n) is 5.73. The lowest BCUT2D eigenvalue weighted by molar-refractivity contribution is 0.112. The highest BCUT2D eigenvalue weighted by Gasteiger charge is 2.20. The van der Waals surface area contributed by atoms with Crippen molar-refractivity contribution in [2.24, 2.45) is 0 Å². The molecule has 0 heterocycles. The summed E-state index contributed by atoms with van der Waals surface area (Å²) < 4.78 is 52.1. The van der Waals surface area contributed by atoms with Crippen LogP contribution in [0, 0.1) is 11.6 Å². The molecule has 0 N–H and O–H groups in total. The molecule has 0 atom stereocenters. The van der Waals surface area contributed by atoms with E-state index in [1.165, 1.54) is 48.6 Å². The van der Waals surface area contributed by atoms with E-state index in [4.69, 9.17) is 0 Å². The van der Waals surface area contributed by atoms with Crippen LogP contribution in [0.1, 0.15) is 21.5 Å². The van der Waals surface area contributed by atoms with Crippen molar-refractivity contribution >= 4 is 28.3 Å². The summed E-state index contributed by atoms with van der Waals surface area (Å²) >= 11 is 0. The predicted molar refractivity (Wildman–Crippen MR) is 99.0 cm³/mol. The molecule has 27 heavy (non-hydrogen) atoms. The molecule has 0 aliphatic rings. The van der Waals surface area contributed by atoms with E-state index in [9.17, 15) is 22.0 Å². The molecule has 0 saturated heterocycles. The monoisotopic (exact) mass is 384 g/mol. The highest BCUT2D eigenvalue weighted by Crippen LogP contribution is 2.25. The Morgan fingerprint density at radius 3 is 2.19 bits per heavy atom. The molecule has 0 radical (unpaired) electrons. The summed E-state index contributed by atoms with van der Waals surface area (Å²) in [6.45, 7) is 0. The first-order chi connectivity index (χ1) is 12.9. The zero-order valence-corrected chi connectivity index (χ0v) is 14.8. The van der Waals surface area contributed by atoms with Gasteiger partial charge < -0.3 is 0 Å². The quantitative estimate of drug-likeness (QED) is 0.470. The molecule has 0 aliphatic heterocycles. The van der Waals surface area contributed by atoms with Gasteiger partial charge in [-0.05, 0) is 42.0 Å². The summed E-state index contributed by atoms with van der Waals surface area (Å²) in [6.07, 6.45) is 3.40. The van der Waals surface area contributed by atoms with Gasteiger partial charge >= 0.3 is 0 Å². The van der Waals surface area contributed by atoms with Crippen molar-refractivity contribution in [2.45, 2.75) is 9.79 Å². The molecule has 0 unspecified atom stereocenters. The van der Waals surface area contributed by atoms with Gasteiger partial charge in [-0.25, -0.2) is 17.2 Å². The lowest BCUT2D eigenvalue weighted by atomic mass is 10.1. The summed E-state index contributed by atoms with van der Waals surface area (Å²) in [5.74, 6) is -1.39. The second-order valence-corrected chi connectivity index (χ2v) is 7.65. The minimum atomic E-state index is -3.83. The molecule has 0 bridgehead atoms. The number of aldehydes is 1. The number of carbonyl (C=O) groups excluding carboxylic acids is 1. The van der Waals surface area contributed by atoms with E-state index in [2.05, 4.69) is 0 Å². The van der Waals surface area contributed by atoms with Crippen molar-refractivity contribution < 1.29 is 22.0 Å². The number of benzene rings is 3. The predicted octanol–water partition coefficient (Wildman–Crippen LogP) is 4.78. The Kier molecular flexibility index (Phi) is 5.28. The standard InChI is InChI=1S/C21H14F2O3S/c22-18-10-9-16(20(23)13-18)8-6-15-7-11-21(17(12-15)14-24)27(25,26)19-4-2-1-3-5-19/h1-14H. The topological polar surface area (TPSA) is 51.2 Å². The van der Waals surface area contributed by atoms with Crippen LogP contribution in [0.4, 0.5) is 8.78 Å². The molecule has 0 aromatic heterocycles. The van der Waals surface area contributed by atoms with Crippen LogP contribution in [-0.2, 0) is 9.84 Å². The minimum absolute atomic E-state index is 0.000538. The largest absolute Gasteiger partial charge is 0.298 e. The maximum Gasteiger partial charge on any atom is 0.207 e. The summed E-state index contributed by atoms with van der Waals surface area (Å²) in [5.41, 5.74) is 0.679. The number of hydrogen-bond donors (Lipinski definition) is 0. The van der Waals surface area contributed by atoms with Crippen molar-refractivity contribution in [3.63, 3.8) is 0 Å². The van der Waals surface area contributed by atoms with Gasteiger partial charge in [0.15, 0.2) is 6.29 Å². The van der Waals surface area contributed by atoms with Crippen LogP contribution in [0.25, 0.3) is 12.2 Å². The zero-order chi connectivity index (χ0) is 19.4. The Labute approximate surface area is 155 Å². The molecule has 6 heteroatoms. The van der Waals surface area contributed by atoms with Crippen LogP contribution < -0.4 is 0 Å². The molecule has 0 spiro atoms. The Bertz CT molecular complexity index is 1120. The zero-order valence-electron chi connectivity index (χ0n) is 14.0. The Morgan fingerprint density at radius 2 is 1.52 bits per heavy atom. The highest BCUT2D eigenvalue weighted by molar-refractivity contribution is 7.91. The number of carbonyl (C=O) groups is 1. The fraction of sp³-hybridized carbons (Fsp3) is 0. The van der Waals surface area contributed by atoms with Crippen molar-refractivity contribution in [3.8, 4) is 0 Å². The van der Waals surface area contributed by atoms with Crippen LogP contribution >= 0.6 is 0 Å². The molecule has 3 aromatic carbocycles. The van der Waals surface area contributed by atoms with Crippen molar-refractivity contribution in [3.05, 3.63) is 95.1 Å². The van der Waals surface area contributed by atoms with Gasteiger partial charge in [0.25, 0.3) is 0 Å². The summed E-state index contributed by atoms with van der Waals surface area (Å²) in [4.78, 5) is 11.4. The van der Waals surface area contributed by atoms with Crippen molar-refractivity contribution in [1.29, 1.82) is 0 Å². The number of sulfone groups is 1. The van der Waals surface area contributed by atoms with Crippen molar-refractivity contribution in [2.75, 3.05) is 0 Å². The first-order valence-electron chi connectivity index (χ1n) is 7.94. The molecule has 0 aliphatic carbocycles. The SMILES string of the molecule is O=Cc1cc(C=Cc2ccc(F)cc2F)ccc1S(=O)(=O)c1ccccc1. The van der Waals surface area contributed by atoms with Crippen LogP contribution in [0.2, 0.25) is 0 Å². The molecule has 136 valence electrons. The summed E-state index contributed by atoms with van der Waals surface area (Å²) in [7, 11) is -3.83. The second kappa shape index (κ2) is 7.63. The summed E-state index contributed by atoms with van der Waals surface area (Å²) in [5, 5.41) is 0. The molecule has 0 amide bonds. The number of hydrogen-bond acceptors (Lipinski definition) is 3. The van der Waals surface area contributed by atoms with Gasteiger partial charge in [0, 0.05) is 17.2 Å². The number of halogens is 2. The average molecular weight is 384 g/mol. The van der Waals surface area contributed by atoms with E-state index in [-0.39, 0.29) is 20.9 Å². The van der Waals surface area contributed by atoms with Crippen molar-refractivity contribution in [1.82, 2.24) is 0 Å². The lowest BCUT2D eigenvalue weighted by Gasteiger charge is -2.08. The van der Waals surface area contributed by atoms with Gasteiger partial charge in [-0.15, -0.1) is 0 Å². The smallest absolute Gasteiger partial charge is 0.207 e. The van der Waals surface area contributed by atoms with Crippen LogP contribution in [0.5, 0.6) is 0 Å². The lowest BCUT2D eigenvalue weighted by Crippen LogP contribution is -2.05. The van der Waals surface area contributed by atoms with Crippen LogP contribution in [-0.4, -0.2) is 14.7 Å². The van der Waals surface area contributed by atoms with Gasteiger partial charge in [-0.1, -0.05) is 36.4 Å². The van der Waals surface area contributed by atoms with Gasteiger partial charge in [0.2, 0.25) is 9.84 Å². The van der Waals surface area contributed by atoms with E-state index in [1.54, 1.807) is 18.2 Å². The molecular weight excluding hydrogens is 370 g/mol. The van der Waals surface area contributed by atoms with Crippen LogP contribution in [0.3, 0.4) is 0 Å². The fourth-order valence-corrected chi connectivity index (χ4v) is 3.99. The first kappa shape index (κ1) is 18.7. The fourth-order valence-electron chi connectivity index (χ4n) is 2.56. The van der Waals surface area contributed by atoms with E-state index < -0.39 is 21.5 Å². The van der Waals surface area contributed by atoms with Gasteiger partial charge in [0.1, 0.15) is 11.6 Å². The maximum absolute atomic E-state index is 13.7. The third-order valence-electron chi connectivity index (χ3n) is 3.92. The average Bonchev–Trinajstić information content (AvgIpc) is 2.67. The molecule has 0 fully saturated rings. The molecular formula is C21H14F2O3S. The molecule has 3 rings (SSSR count). The maximum atomic E-state index is 13.7. The molecule has 0 saturated carbocycles. The van der Waals surface area contributed by atoms with Crippen LogP contribution in [0.15, 0.2) is 76.5 Å². The number of rotatable bonds is 5. The van der Waals surface area contributed by atoms with E-state index in [0.717, 1.165) is 12.1 Å². The van der Waals surface area contributed by atoms with Gasteiger partial charge in [-0.3, -0.25) is 4.79 Å². The Morgan fingerprint density at radius 1 is 0.778 bits per heavy atom. The Hall–Kier alpha value is -3.12. The minimum Gasteiger partial charge on any atom is -0.298 e. The molecule has 3 aromatic rings. The molecule has 3 nitrogen and oxygen atoms in total. The first-order valence-corrected chi connectivity index (χ1v) is 9.42. The van der Waals surface area contributed by atoms with Gasteiger partial charge in [0.05, 0.1) is 9.79 Å². The van der Waals surface area contributed by atoms with Gasteiger partial charge in [-0.2, -0.15) is 0 Å². The third kappa shape index (κ3) is 4.01. The van der Waals surface area contributed by atoms with E-state index in [1.807, 2.05) is 0 Å². The summed E-state index contributed by atoms with van der Waals surface area (Å²) in [6, 6.07) is 15.3. The van der Waals surface area contributed by atoms with E-state index in [0.29, 0.717) is 11.8 Å². The van der Waals surface area contributed by atoms with E-state index >= 15 is 0 Å².